The zero-order valence-corrected chi connectivity index (χ0v) is 5.20. The van der Waals surface area contributed by atoms with E-state index in [0.717, 1.165) is 0 Å². The normalized spacial score (nSPS) is 22.8. The third-order valence-corrected chi connectivity index (χ3v) is 1.71. The molecule has 1 aliphatic rings. The van der Waals surface area contributed by atoms with E-state index in [9.17, 15) is 13.2 Å². The van der Waals surface area contributed by atoms with Crippen LogP contribution in [0.15, 0.2) is 0 Å². The second-order valence-electron chi connectivity index (χ2n) is 2.41. The molecular formula is C5H8F3NO. The van der Waals surface area contributed by atoms with Crippen molar-refractivity contribution in [3.05, 3.63) is 0 Å². The number of nitrogens with one attached hydrogen (secondary N) is 1. The molecule has 5 heteroatoms. The second-order valence-corrected chi connectivity index (χ2v) is 2.41. The van der Waals surface area contributed by atoms with Crippen LogP contribution < -0.4 is 5.32 Å². The number of rotatable bonds is 2. The summed E-state index contributed by atoms with van der Waals surface area (Å²) in [5.74, 6) is 0. The number of halogens is 3. The summed E-state index contributed by atoms with van der Waals surface area (Å²) in [6.07, 6.45) is -4.05. The van der Waals surface area contributed by atoms with Crippen molar-refractivity contribution in [3.63, 3.8) is 0 Å². The van der Waals surface area contributed by atoms with Crippen molar-refractivity contribution in [1.29, 1.82) is 0 Å². The standard InChI is InChI=1S/C5H8F3NO/c6-5(7,8)4(1-2-4)9-3-10/h9-10H,1-3H2. The summed E-state index contributed by atoms with van der Waals surface area (Å²) in [6.45, 7) is -0.612. The molecule has 60 valence electrons. The molecule has 0 aromatic rings. The molecule has 0 spiro atoms. The Morgan fingerprint density at radius 2 is 1.90 bits per heavy atom. The first-order chi connectivity index (χ1) is 4.52. The molecule has 1 aliphatic carbocycles. The van der Waals surface area contributed by atoms with Crippen LogP contribution in [0.25, 0.3) is 0 Å². The molecule has 0 atom stereocenters. The first kappa shape index (κ1) is 7.81. The summed E-state index contributed by atoms with van der Waals surface area (Å²) < 4.78 is 35.7. The quantitative estimate of drug-likeness (QED) is 0.573. The summed E-state index contributed by atoms with van der Waals surface area (Å²) in [7, 11) is 0. The van der Waals surface area contributed by atoms with E-state index in [1.54, 1.807) is 0 Å². The lowest BCUT2D eigenvalue weighted by Crippen LogP contribution is -2.45. The van der Waals surface area contributed by atoms with Gasteiger partial charge in [-0.3, -0.25) is 5.32 Å². The Labute approximate surface area is 56.0 Å². The average Bonchev–Trinajstić information content (AvgIpc) is 2.45. The Hall–Kier alpha value is -0.290. The van der Waals surface area contributed by atoms with E-state index in [4.69, 9.17) is 5.11 Å². The van der Waals surface area contributed by atoms with Crippen LogP contribution in [-0.2, 0) is 0 Å². The highest BCUT2D eigenvalue weighted by Gasteiger charge is 2.62. The molecule has 10 heavy (non-hydrogen) atoms. The fourth-order valence-electron chi connectivity index (χ4n) is 0.837. The summed E-state index contributed by atoms with van der Waals surface area (Å²) in [5.41, 5.74) is -1.76. The van der Waals surface area contributed by atoms with Crippen LogP contribution in [0.1, 0.15) is 12.8 Å². The zero-order valence-electron chi connectivity index (χ0n) is 5.20. The van der Waals surface area contributed by atoms with E-state index in [1.807, 2.05) is 5.32 Å². The van der Waals surface area contributed by atoms with Gasteiger partial charge in [-0.05, 0) is 12.8 Å². The van der Waals surface area contributed by atoms with E-state index in [1.165, 1.54) is 0 Å². The van der Waals surface area contributed by atoms with E-state index in [0.29, 0.717) is 0 Å². The smallest absolute Gasteiger partial charge is 0.381 e. The highest BCUT2D eigenvalue weighted by molar-refractivity contribution is 5.07. The Morgan fingerprint density at radius 3 is 2.00 bits per heavy atom. The first-order valence-corrected chi connectivity index (χ1v) is 2.94. The lowest BCUT2D eigenvalue weighted by molar-refractivity contribution is -0.168. The summed E-state index contributed by atoms with van der Waals surface area (Å²) in [5, 5.41) is 10.2. The van der Waals surface area contributed by atoms with Crippen molar-refractivity contribution in [2.75, 3.05) is 6.73 Å². The van der Waals surface area contributed by atoms with E-state index >= 15 is 0 Å². The summed E-state index contributed by atoms with van der Waals surface area (Å²) in [6, 6.07) is 0. The van der Waals surface area contributed by atoms with Gasteiger partial charge in [0, 0.05) is 0 Å². The zero-order chi connectivity index (χ0) is 7.83. The van der Waals surface area contributed by atoms with Gasteiger partial charge in [0.15, 0.2) is 0 Å². The topological polar surface area (TPSA) is 32.3 Å². The van der Waals surface area contributed by atoms with Crippen LogP contribution in [-0.4, -0.2) is 23.6 Å². The SMILES string of the molecule is OCNC1(C(F)(F)F)CC1. The lowest BCUT2D eigenvalue weighted by atomic mass is 10.3. The maximum atomic E-state index is 11.9. The predicted molar refractivity (Wildman–Crippen MR) is 28.2 cm³/mol. The molecule has 0 heterocycles. The lowest BCUT2D eigenvalue weighted by Gasteiger charge is -2.18. The van der Waals surface area contributed by atoms with E-state index in [-0.39, 0.29) is 12.8 Å². The van der Waals surface area contributed by atoms with Gasteiger partial charge in [-0.15, -0.1) is 0 Å². The number of alkyl halides is 3. The van der Waals surface area contributed by atoms with Gasteiger partial charge in [-0.2, -0.15) is 13.2 Å². The van der Waals surface area contributed by atoms with Gasteiger partial charge in [-0.25, -0.2) is 0 Å². The minimum absolute atomic E-state index is 0.0804. The summed E-state index contributed by atoms with van der Waals surface area (Å²) >= 11 is 0. The largest absolute Gasteiger partial charge is 0.406 e. The van der Waals surface area contributed by atoms with Crippen LogP contribution in [0.4, 0.5) is 13.2 Å². The van der Waals surface area contributed by atoms with Crippen molar-refractivity contribution in [1.82, 2.24) is 5.32 Å². The van der Waals surface area contributed by atoms with Gasteiger partial charge in [-0.1, -0.05) is 0 Å². The minimum atomic E-state index is -4.21. The van der Waals surface area contributed by atoms with Gasteiger partial charge >= 0.3 is 6.18 Å². The molecule has 1 saturated carbocycles. The minimum Gasteiger partial charge on any atom is -0.381 e. The van der Waals surface area contributed by atoms with Gasteiger partial charge in [0.25, 0.3) is 0 Å². The van der Waals surface area contributed by atoms with Crippen LogP contribution in [0.3, 0.4) is 0 Å². The molecule has 0 unspecified atom stereocenters. The Kier molecular flexibility index (Phi) is 1.64. The summed E-state index contributed by atoms with van der Waals surface area (Å²) in [4.78, 5) is 0. The van der Waals surface area contributed by atoms with Gasteiger partial charge in [0.2, 0.25) is 0 Å². The van der Waals surface area contributed by atoms with Gasteiger partial charge in [0.05, 0.1) is 6.73 Å². The third-order valence-electron chi connectivity index (χ3n) is 1.71. The van der Waals surface area contributed by atoms with Crippen molar-refractivity contribution in [3.8, 4) is 0 Å². The van der Waals surface area contributed by atoms with E-state index < -0.39 is 18.4 Å². The maximum Gasteiger partial charge on any atom is 0.406 e. The Bertz CT molecular complexity index is 129. The Balaban J connectivity index is 2.52. The van der Waals surface area contributed by atoms with Crippen molar-refractivity contribution < 1.29 is 18.3 Å². The van der Waals surface area contributed by atoms with E-state index in [2.05, 4.69) is 0 Å². The van der Waals surface area contributed by atoms with Crippen LogP contribution in [0, 0.1) is 0 Å². The molecule has 0 bridgehead atoms. The van der Waals surface area contributed by atoms with Crippen LogP contribution in [0.5, 0.6) is 0 Å². The molecular weight excluding hydrogens is 147 g/mol. The molecule has 2 nitrogen and oxygen atoms in total. The molecule has 0 radical (unpaired) electrons. The molecule has 0 saturated heterocycles. The fraction of sp³-hybridized carbons (Fsp3) is 1.00. The molecule has 0 amide bonds. The maximum absolute atomic E-state index is 11.9. The van der Waals surface area contributed by atoms with Gasteiger partial charge in [0.1, 0.15) is 5.54 Å². The number of hydrogen-bond acceptors (Lipinski definition) is 2. The highest BCUT2D eigenvalue weighted by atomic mass is 19.4. The van der Waals surface area contributed by atoms with Crippen molar-refractivity contribution in [2.45, 2.75) is 24.6 Å². The fourth-order valence-corrected chi connectivity index (χ4v) is 0.837. The molecule has 1 rings (SSSR count). The van der Waals surface area contributed by atoms with Crippen LogP contribution in [0.2, 0.25) is 0 Å². The molecule has 0 aromatic carbocycles. The molecule has 0 aliphatic heterocycles. The average molecular weight is 155 g/mol. The van der Waals surface area contributed by atoms with Crippen LogP contribution >= 0.6 is 0 Å². The molecule has 1 fully saturated rings. The molecule has 2 N–H and O–H groups in total. The second kappa shape index (κ2) is 2.10. The number of aliphatic hydroxyl groups is 1. The number of hydrogen-bond donors (Lipinski definition) is 2. The van der Waals surface area contributed by atoms with Crippen molar-refractivity contribution >= 4 is 0 Å². The highest BCUT2D eigenvalue weighted by Crippen LogP contribution is 2.48. The Morgan fingerprint density at radius 1 is 1.40 bits per heavy atom. The first-order valence-electron chi connectivity index (χ1n) is 2.94. The third kappa shape index (κ3) is 1.11. The van der Waals surface area contributed by atoms with Gasteiger partial charge < -0.3 is 5.11 Å². The predicted octanol–water partition coefficient (Wildman–Crippen LogP) is 0.621. The molecule has 0 aromatic heterocycles. The monoisotopic (exact) mass is 155 g/mol. The number of aliphatic hydroxyl groups excluding tert-OH is 1. The van der Waals surface area contributed by atoms with Crippen molar-refractivity contribution in [2.24, 2.45) is 0 Å².